The molecule has 0 amide bonds. The highest BCUT2D eigenvalue weighted by molar-refractivity contribution is 14.1. The summed E-state index contributed by atoms with van der Waals surface area (Å²) in [5, 5.41) is 0.879. The van der Waals surface area contributed by atoms with Gasteiger partial charge in [0.2, 0.25) is 0 Å². The van der Waals surface area contributed by atoms with E-state index < -0.39 is 0 Å². The van der Waals surface area contributed by atoms with Crippen LogP contribution in [-0.4, -0.2) is 13.1 Å². The highest BCUT2D eigenvalue weighted by Crippen LogP contribution is 2.34. The zero-order chi connectivity index (χ0) is 11.0. The van der Waals surface area contributed by atoms with Gasteiger partial charge in [0.25, 0.3) is 0 Å². The molecule has 0 unspecified atom stereocenters. The van der Waals surface area contributed by atoms with Gasteiger partial charge in [0, 0.05) is 16.7 Å². The van der Waals surface area contributed by atoms with E-state index in [1.54, 1.807) is 0 Å². The third-order valence-electron chi connectivity index (χ3n) is 3.10. The second-order valence-electron chi connectivity index (χ2n) is 4.50. The van der Waals surface area contributed by atoms with E-state index in [9.17, 15) is 0 Å². The summed E-state index contributed by atoms with van der Waals surface area (Å²) in [4.78, 5) is 2.36. The predicted octanol–water partition coefficient (Wildman–Crippen LogP) is 4.04. The van der Waals surface area contributed by atoms with Crippen LogP contribution in [0.5, 0.6) is 0 Å². The minimum Gasteiger partial charge on any atom is -0.370 e. The van der Waals surface area contributed by atoms with Crippen LogP contribution in [-0.2, 0) is 0 Å². The average molecular weight is 336 g/mol. The van der Waals surface area contributed by atoms with Gasteiger partial charge in [0.05, 0.1) is 10.7 Å². The number of hydrogen-bond donors (Lipinski definition) is 0. The summed E-state index contributed by atoms with van der Waals surface area (Å²) >= 11 is 8.51. The van der Waals surface area contributed by atoms with Crippen molar-refractivity contribution in [3.8, 4) is 0 Å². The molecular formula is C12H15ClIN. The number of nitrogens with zero attached hydrogens (tertiary/aromatic N) is 1. The van der Waals surface area contributed by atoms with Crippen LogP contribution >= 0.6 is 34.2 Å². The molecule has 1 heterocycles. The summed E-state index contributed by atoms with van der Waals surface area (Å²) in [6, 6.07) is 6.27. The van der Waals surface area contributed by atoms with E-state index >= 15 is 0 Å². The van der Waals surface area contributed by atoms with Crippen LogP contribution < -0.4 is 4.90 Å². The lowest BCUT2D eigenvalue weighted by Gasteiger charge is -2.43. The van der Waals surface area contributed by atoms with Gasteiger partial charge in [-0.3, -0.25) is 0 Å². The molecule has 1 fully saturated rings. The van der Waals surface area contributed by atoms with E-state index in [2.05, 4.69) is 53.5 Å². The number of halogens is 2. The molecule has 0 atom stereocenters. The normalized spacial score (nSPS) is 17.0. The average Bonchev–Trinajstić information content (AvgIpc) is 2.05. The van der Waals surface area contributed by atoms with Gasteiger partial charge in [-0.05, 0) is 52.6 Å². The van der Waals surface area contributed by atoms with Crippen LogP contribution in [0.1, 0.15) is 13.8 Å². The molecule has 1 aromatic carbocycles. The van der Waals surface area contributed by atoms with Crippen molar-refractivity contribution in [3.05, 3.63) is 26.8 Å². The monoisotopic (exact) mass is 335 g/mol. The summed E-state index contributed by atoms with van der Waals surface area (Å²) in [6.45, 7) is 6.88. The van der Waals surface area contributed by atoms with E-state index in [0.29, 0.717) is 0 Å². The molecule has 0 bridgehead atoms. The first-order valence-electron chi connectivity index (χ1n) is 5.28. The third-order valence-corrected chi connectivity index (χ3v) is 4.08. The molecule has 2 rings (SSSR count). The van der Waals surface area contributed by atoms with Gasteiger partial charge in [0.15, 0.2) is 0 Å². The molecule has 1 aliphatic heterocycles. The Hall–Kier alpha value is 0.0400. The van der Waals surface area contributed by atoms with E-state index in [0.717, 1.165) is 29.9 Å². The Kier molecular flexibility index (Phi) is 3.45. The maximum absolute atomic E-state index is 6.22. The van der Waals surface area contributed by atoms with Crippen molar-refractivity contribution >= 4 is 39.9 Å². The Morgan fingerprint density at radius 1 is 1.40 bits per heavy atom. The molecule has 1 saturated heterocycles. The van der Waals surface area contributed by atoms with Gasteiger partial charge >= 0.3 is 0 Å². The summed E-state index contributed by atoms with van der Waals surface area (Å²) in [5.41, 5.74) is 1.19. The summed E-state index contributed by atoms with van der Waals surface area (Å²) in [7, 11) is 0. The summed E-state index contributed by atoms with van der Waals surface area (Å²) in [5.74, 6) is 1.62. The SMILES string of the molecule is CC(C)C1CN(c2ccc(I)cc2Cl)C1. The smallest absolute Gasteiger partial charge is 0.0650 e. The molecule has 3 heteroatoms. The fourth-order valence-electron chi connectivity index (χ4n) is 1.87. The van der Waals surface area contributed by atoms with Crippen molar-refractivity contribution in [3.63, 3.8) is 0 Å². The van der Waals surface area contributed by atoms with E-state index in [1.165, 1.54) is 9.26 Å². The highest BCUT2D eigenvalue weighted by Gasteiger charge is 2.30. The molecular weight excluding hydrogens is 320 g/mol. The Balaban J connectivity index is 2.07. The molecule has 1 aromatic rings. The topological polar surface area (TPSA) is 3.24 Å². The van der Waals surface area contributed by atoms with E-state index in [4.69, 9.17) is 11.6 Å². The first kappa shape index (κ1) is 11.5. The first-order valence-corrected chi connectivity index (χ1v) is 6.73. The molecule has 0 aliphatic carbocycles. The molecule has 1 nitrogen and oxygen atoms in total. The predicted molar refractivity (Wildman–Crippen MR) is 74.7 cm³/mol. The fourth-order valence-corrected chi connectivity index (χ4v) is 2.84. The fraction of sp³-hybridized carbons (Fsp3) is 0.500. The number of benzene rings is 1. The van der Waals surface area contributed by atoms with Crippen molar-refractivity contribution in [2.45, 2.75) is 13.8 Å². The second-order valence-corrected chi connectivity index (χ2v) is 6.16. The van der Waals surface area contributed by atoms with Crippen molar-refractivity contribution in [2.75, 3.05) is 18.0 Å². The molecule has 0 N–H and O–H groups in total. The molecule has 1 aliphatic rings. The highest BCUT2D eigenvalue weighted by atomic mass is 127. The Morgan fingerprint density at radius 3 is 2.60 bits per heavy atom. The van der Waals surface area contributed by atoms with Crippen molar-refractivity contribution in [2.24, 2.45) is 11.8 Å². The third kappa shape index (κ3) is 2.41. The van der Waals surface area contributed by atoms with Gasteiger partial charge in [-0.1, -0.05) is 25.4 Å². The lowest BCUT2D eigenvalue weighted by molar-refractivity contribution is 0.310. The van der Waals surface area contributed by atoms with Gasteiger partial charge in [-0.2, -0.15) is 0 Å². The van der Waals surface area contributed by atoms with Gasteiger partial charge in [0.1, 0.15) is 0 Å². The Bertz CT molecular complexity index is 359. The first-order chi connectivity index (χ1) is 7.08. The lowest BCUT2D eigenvalue weighted by Crippen LogP contribution is -2.49. The van der Waals surface area contributed by atoms with Gasteiger partial charge in [-0.15, -0.1) is 0 Å². The van der Waals surface area contributed by atoms with E-state index in [-0.39, 0.29) is 0 Å². The standard InChI is InChI=1S/C12H15ClIN/c1-8(2)9-6-15(7-9)12-4-3-10(14)5-11(12)13/h3-5,8-9H,6-7H2,1-2H3. The van der Waals surface area contributed by atoms with E-state index in [1.807, 2.05) is 6.07 Å². The van der Waals surface area contributed by atoms with Crippen LogP contribution in [0.25, 0.3) is 0 Å². The summed E-state index contributed by atoms with van der Waals surface area (Å²) < 4.78 is 1.20. The molecule has 0 aromatic heterocycles. The molecule has 15 heavy (non-hydrogen) atoms. The van der Waals surface area contributed by atoms with Crippen LogP contribution in [0, 0.1) is 15.4 Å². The summed E-state index contributed by atoms with van der Waals surface area (Å²) in [6.07, 6.45) is 0. The maximum atomic E-state index is 6.22. The van der Waals surface area contributed by atoms with Crippen LogP contribution in [0.2, 0.25) is 5.02 Å². The zero-order valence-corrected chi connectivity index (χ0v) is 11.9. The largest absolute Gasteiger partial charge is 0.370 e. The van der Waals surface area contributed by atoms with Crippen LogP contribution in [0.3, 0.4) is 0 Å². The van der Waals surface area contributed by atoms with Crippen molar-refractivity contribution < 1.29 is 0 Å². The Labute approximate surface area is 110 Å². The minimum absolute atomic E-state index is 0.781. The van der Waals surface area contributed by atoms with Crippen molar-refractivity contribution in [1.29, 1.82) is 0 Å². The number of hydrogen-bond acceptors (Lipinski definition) is 1. The molecule has 0 radical (unpaired) electrons. The van der Waals surface area contributed by atoms with Crippen LogP contribution in [0.4, 0.5) is 5.69 Å². The molecule has 0 spiro atoms. The number of rotatable bonds is 2. The van der Waals surface area contributed by atoms with Gasteiger partial charge < -0.3 is 4.90 Å². The Morgan fingerprint density at radius 2 is 2.07 bits per heavy atom. The van der Waals surface area contributed by atoms with Crippen LogP contribution in [0.15, 0.2) is 18.2 Å². The molecule has 82 valence electrons. The molecule has 0 saturated carbocycles. The second kappa shape index (κ2) is 4.50. The number of anilines is 1. The van der Waals surface area contributed by atoms with Crippen molar-refractivity contribution in [1.82, 2.24) is 0 Å². The minimum atomic E-state index is 0.781. The lowest BCUT2D eigenvalue weighted by atomic mass is 9.88. The zero-order valence-electron chi connectivity index (χ0n) is 9.00. The van der Waals surface area contributed by atoms with Gasteiger partial charge in [-0.25, -0.2) is 0 Å². The maximum Gasteiger partial charge on any atom is 0.0650 e. The quantitative estimate of drug-likeness (QED) is 0.737.